The van der Waals surface area contributed by atoms with Crippen LogP contribution in [0.5, 0.6) is 0 Å². The van der Waals surface area contributed by atoms with Crippen molar-refractivity contribution in [2.24, 2.45) is 10.8 Å². The SMILES string of the molecule is CNN/C(=C(\C)C(C)(C)C)C(C)(C)C. The molecule has 0 aromatic rings. The first-order valence-electron chi connectivity index (χ1n) is 5.25. The molecule has 0 fully saturated rings. The minimum atomic E-state index is 0.153. The fourth-order valence-corrected chi connectivity index (χ4v) is 1.34. The standard InChI is InChI=1S/C12H26N2/c1-9(11(2,3)4)10(14-13-8)12(5,6)7/h13-14H,1-8H3/b10-9+. The Hall–Kier alpha value is -0.500. The van der Waals surface area contributed by atoms with E-state index in [1.807, 2.05) is 7.05 Å². The van der Waals surface area contributed by atoms with E-state index in [0.717, 1.165) is 0 Å². The van der Waals surface area contributed by atoms with Gasteiger partial charge in [0.15, 0.2) is 0 Å². The van der Waals surface area contributed by atoms with Gasteiger partial charge in [0, 0.05) is 18.2 Å². The van der Waals surface area contributed by atoms with Crippen LogP contribution in [0.3, 0.4) is 0 Å². The molecule has 0 aliphatic rings. The average molecular weight is 198 g/mol. The summed E-state index contributed by atoms with van der Waals surface area (Å²) in [4.78, 5) is 0. The highest BCUT2D eigenvalue weighted by Crippen LogP contribution is 2.34. The van der Waals surface area contributed by atoms with Crippen molar-refractivity contribution >= 4 is 0 Å². The molecule has 0 aliphatic carbocycles. The molecule has 0 aliphatic heterocycles. The third-order valence-electron chi connectivity index (χ3n) is 2.50. The average Bonchev–Trinajstić information content (AvgIpc) is 1.94. The highest BCUT2D eigenvalue weighted by atomic mass is 15.3. The largest absolute Gasteiger partial charge is 0.325 e. The molecule has 2 nitrogen and oxygen atoms in total. The van der Waals surface area contributed by atoms with Gasteiger partial charge < -0.3 is 5.43 Å². The summed E-state index contributed by atoms with van der Waals surface area (Å²) in [6.07, 6.45) is 0. The van der Waals surface area contributed by atoms with E-state index in [1.54, 1.807) is 0 Å². The van der Waals surface area contributed by atoms with E-state index in [-0.39, 0.29) is 10.8 Å². The maximum atomic E-state index is 3.26. The second kappa shape index (κ2) is 4.35. The number of hydrogen-bond donors (Lipinski definition) is 2. The molecule has 0 saturated carbocycles. The molecule has 0 aromatic heterocycles. The summed E-state index contributed by atoms with van der Waals surface area (Å²) in [6, 6.07) is 0. The van der Waals surface area contributed by atoms with Crippen LogP contribution >= 0.6 is 0 Å². The highest BCUT2D eigenvalue weighted by molar-refractivity contribution is 5.21. The van der Waals surface area contributed by atoms with Gasteiger partial charge in [0.1, 0.15) is 0 Å². The lowest BCUT2D eigenvalue weighted by Crippen LogP contribution is -2.36. The molecule has 2 N–H and O–H groups in total. The van der Waals surface area contributed by atoms with E-state index < -0.39 is 0 Å². The molecule has 14 heavy (non-hydrogen) atoms. The van der Waals surface area contributed by atoms with Crippen LogP contribution in [0.25, 0.3) is 0 Å². The van der Waals surface area contributed by atoms with Gasteiger partial charge in [-0.1, -0.05) is 41.5 Å². The Morgan fingerprint density at radius 1 is 0.857 bits per heavy atom. The molecule has 0 bridgehead atoms. The molecule has 84 valence electrons. The predicted octanol–water partition coefficient (Wildman–Crippen LogP) is 3.08. The molecule has 0 atom stereocenters. The minimum absolute atomic E-state index is 0.153. The Kier molecular flexibility index (Phi) is 4.19. The molecule has 0 rings (SSSR count). The van der Waals surface area contributed by atoms with Crippen LogP contribution in [0.1, 0.15) is 48.5 Å². The normalized spacial score (nSPS) is 15.1. The van der Waals surface area contributed by atoms with E-state index in [2.05, 4.69) is 59.3 Å². The molecular weight excluding hydrogens is 172 g/mol. The summed E-state index contributed by atoms with van der Waals surface area (Å²) in [7, 11) is 1.90. The molecule has 0 amide bonds. The molecule has 0 spiro atoms. The first kappa shape index (κ1) is 13.5. The van der Waals surface area contributed by atoms with Crippen molar-refractivity contribution in [3.8, 4) is 0 Å². The van der Waals surface area contributed by atoms with Crippen LogP contribution in [0.2, 0.25) is 0 Å². The van der Waals surface area contributed by atoms with Gasteiger partial charge in [0.25, 0.3) is 0 Å². The predicted molar refractivity (Wildman–Crippen MR) is 63.8 cm³/mol. The Morgan fingerprint density at radius 3 is 1.50 bits per heavy atom. The topological polar surface area (TPSA) is 24.1 Å². The number of hydrogen-bond acceptors (Lipinski definition) is 2. The van der Waals surface area contributed by atoms with Gasteiger partial charge >= 0.3 is 0 Å². The third-order valence-corrected chi connectivity index (χ3v) is 2.50. The lowest BCUT2D eigenvalue weighted by Gasteiger charge is -2.32. The molecule has 0 saturated heterocycles. The third kappa shape index (κ3) is 3.70. The fourth-order valence-electron chi connectivity index (χ4n) is 1.34. The van der Waals surface area contributed by atoms with Crippen LogP contribution < -0.4 is 10.9 Å². The van der Waals surface area contributed by atoms with Crippen molar-refractivity contribution in [2.75, 3.05) is 7.05 Å². The van der Waals surface area contributed by atoms with Gasteiger partial charge in [-0.3, -0.25) is 0 Å². The van der Waals surface area contributed by atoms with Crippen LogP contribution in [0.15, 0.2) is 11.3 Å². The molecule has 0 heterocycles. The molecular formula is C12H26N2. The number of hydrazine groups is 1. The van der Waals surface area contributed by atoms with Crippen LogP contribution in [0.4, 0.5) is 0 Å². The highest BCUT2D eigenvalue weighted by Gasteiger charge is 2.24. The second-order valence-electron chi connectivity index (χ2n) is 5.88. The van der Waals surface area contributed by atoms with Crippen LogP contribution in [0, 0.1) is 10.8 Å². The van der Waals surface area contributed by atoms with Crippen molar-refractivity contribution in [3.05, 3.63) is 11.3 Å². The minimum Gasteiger partial charge on any atom is -0.325 e. The molecule has 2 heteroatoms. The zero-order valence-corrected chi connectivity index (χ0v) is 11.0. The summed E-state index contributed by atoms with van der Waals surface area (Å²) in [5, 5.41) is 0. The van der Waals surface area contributed by atoms with Crippen molar-refractivity contribution in [2.45, 2.75) is 48.5 Å². The van der Waals surface area contributed by atoms with Crippen molar-refractivity contribution < 1.29 is 0 Å². The summed E-state index contributed by atoms with van der Waals surface area (Å²) < 4.78 is 0. The summed E-state index contributed by atoms with van der Waals surface area (Å²) >= 11 is 0. The van der Waals surface area contributed by atoms with E-state index in [0.29, 0.717) is 0 Å². The van der Waals surface area contributed by atoms with Crippen molar-refractivity contribution in [3.63, 3.8) is 0 Å². The first-order valence-corrected chi connectivity index (χ1v) is 5.25. The van der Waals surface area contributed by atoms with Gasteiger partial charge in [-0.15, -0.1) is 0 Å². The number of rotatable bonds is 2. The van der Waals surface area contributed by atoms with Crippen LogP contribution in [-0.2, 0) is 0 Å². The number of allylic oxidation sites excluding steroid dienone is 2. The maximum absolute atomic E-state index is 3.26. The smallest absolute Gasteiger partial charge is 0.0309 e. The van der Waals surface area contributed by atoms with Crippen LogP contribution in [-0.4, -0.2) is 7.05 Å². The van der Waals surface area contributed by atoms with E-state index >= 15 is 0 Å². The van der Waals surface area contributed by atoms with Gasteiger partial charge in [0.2, 0.25) is 0 Å². The van der Waals surface area contributed by atoms with E-state index in [9.17, 15) is 0 Å². The quantitative estimate of drug-likeness (QED) is 0.666. The molecule has 0 aromatic carbocycles. The lowest BCUT2D eigenvalue weighted by molar-refractivity contribution is 0.400. The Bertz CT molecular complexity index is 213. The van der Waals surface area contributed by atoms with Crippen molar-refractivity contribution in [1.82, 2.24) is 10.9 Å². The van der Waals surface area contributed by atoms with Gasteiger partial charge in [-0.2, -0.15) is 0 Å². The fraction of sp³-hybridized carbons (Fsp3) is 0.833. The summed E-state index contributed by atoms with van der Waals surface area (Å²) in [5.41, 5.74) is 9.33. The molecule has 0 unspecified atom stereocenters. The Morgan fingerprint density at radius 2 is 1.29 bits per heavy atom. The number of nitrogens with one attached hydrogen (secondary N) is 2. The maximum Gasteiger partial charge on any atom is 0.0309 e. The summed E-state index contributed by atoms with van der Waals surface area (Å²) in [6.45, 7) is 15.6. The zero-order valence-electron chi connectivity index (χ0n) is 11.0. The first-order chi connectivity index (χ1) is 6.10. The van der Waals surface area contributed by atoms with Gasteiger partial charge in [-0.25, -0.2) is 5.43 Å². The second-order valence-corrected chi connectivity index (χ2v) is 5.88. The molecule has 0 radical (unpaired) electrons. The van der Waals surface area contributed by atoms with Gasteiger partial charge in [-0.05, 0) is 17.9 Å². The Labute approximate surface area is 89.1 Å². The monoisotopic (exact) mass is 198 g/mol. The Balaban J connectivity index is 5.17. The van der Waals surface area contributed by atoms with Crippen molar-refractivity contribution in [1.29, 1.82) is 0 Å². The van der Waals surface area contributed by atoms with E-state index in [4.69, 9.17) is 0 Å². The van der Waals surface area contributed by atoms with E-state index in [1.165, 1.54) is 11.3 Å². The summed E-state index contributed by atoms with van der Waals surface area (Å²) in [5.74, 6) is 0. The van der Waals surface area contributed by atoms with Gasteiger partial charge in [0.05, 0.1) is 0 Å². The lowest BCUT2D eigenvalue weighted by atomic mass is 9.79. The zero-order chi connectivity index (χ0) is 11.6.